The smallest absolute Gasteiger partial charge is 0.161 e. The van der Waals surface area contributed by atoms with Gasteiger partial charge in [-0.15, -0.1) is 0 Å². The Hall–Kier alpha value is -2.07. The zero-order valence-corrected chi connectivity index (χ0v) is 10.7. The molecular formula is C15H16N2O2. The van der Waals surface area contributed by atoms with Crippen molar-refractivity contribution in [2.24, 2.45) is 5.73 Å². The van der Waals surface area contributed by atoms with E-state index in [1.165, 1.54) is 0 Å². The molecule has 0 saturated heterocycles. The van der Waals surface area contributed by atoms with Gasteiger partial charge in [0, 0.05) is 12.4 Å². The summed E-state index contributed by atoms with van der Waals surface area (Å²) in [6, 6.07) is 9.34. The minimum absolute atomic E-state index is 0.196. The van der Waals surface area contributed by atoms with Crippen LogP contribution < -0.4 is 15.2 Å². The molecule has 0 amide bonds. The zero-order valence-electron chi connectivity index (χ0n) is 10.7. The number of ether oxygens (including phenoxy) is 2. The van der Waals surface area contributed by atoms with Crippen molar-refractivity contribution in [1.82, 2.24) is 4.98 Å². The number of para-hydroxylation sites is 2. The molecule has 4 heteroatoms. The average Bonchev–Trinajstić information content (AvgIpc) is 2.46. The molecule has 0 spiro atoms. The van der Waals surface area contributed by atoms with Crippen molar-refractivity contribution in [2.45, 2.75) is 19.1 Å². The van der Waals surface area contributed by atoms with E-state index >= 15 is 0 Å². The molecule has 1 aromatic heterocycles. The molecule has 2 aromatic rings. The Morgan fingerprint density at radius 1 is 1.26 bits per heavy atom. The van der Waals surface area contributed by atoms with Crippen molar-refractivity contribution in [3.8, 4) is 11.5 Å². The van der Waals surface area contributed by atoms with E-state index in [1.54, 1.807) is 12.4 Å². The predicted molar refractivity (Wildman–Crippen MR) is 72.3 cm³/mol. The van der Waals surface area contributed by atoms with E-state index in [4.69, 9.17) is 15.2 Å². The highest BCUT2D eigenvalue weighted by molar-refractivity contribution is 5.41. The molecule has 1 aromatic carbocycles. The van der Waals surface area contributed by atoms with Crippen LogP contribution >= 0.6 is 0 Å². The molecule has 2 N–H and O–H groups in total. The Balaban J connectivity index is 1.83. The van der Waals surface area contributed by atoms with Crippen LogP contribution in [0.3, 0.4) is 0 Å². The fourth-order valence-corrected chi connectivity index (χ4v) is 2.24. The molecule has 0 radical (unpaired) electrons. The largest absolute Gasteiger partial charge is 0.486 e. The molecular weight excluding hydrogens is 240 g/mol. The first-order valence-corrected chi connectivity index (χ1v) is 6.30. The van der Waals surface area contributed by atoms with Crippen LogP contribution in [0.5, 0.6) is 11.5 Å². The van der Waals surface area contributed by atoms with Gasteiger partial charge in [0.25, 0.3) is 0 Å². The van der Waals surface area contributed by atoms with Gasteiger partial charge in [-0.05, 0) is 36.2 Å². The third kappa shape index (κ3) is 2.27. The quantitative estimate of drug-likeness (QED) is 0.895. The highest BCUT2D eigenvalue weighted by atomic mass is 16.6. The van der Waals surface area contributed by atoms with E-state index in [0.717, 1.165) is 22.6 Å². The van der Waals surface area contributed by atoms with Gasteiger partial charge < -0.3 is 15.2 Å². The third-order valence-electron chi connectivity index (χ3n) is 3.37. The summed E-state index contributed by atoms with van der Waals surface area (Å²) >= 11 is 0. The maximum Gasteiger partial charge on any atom is 0.161 e. The first kappa shape index (κ1) is 12.0. The van der Waals surface area contributed by atoms with Crippen molar-refractivity contribution < 1.29 is 9.47 Å². The van der Waals surface area contributed by atoms with E-state index in [0.29, 0.717) is 6.61 Å². The van der Waals surface area contributed by atoms with E-state index in [1.807, 2.05) is 37.3 Å². The number of nitrogens with two attached hydrogens (primary N) is 1. The lowest BCUT2D eigenvalue weighted by Crippen LogP contribution is -2.39. The molecule has 2 heterocycles. The van der Waals surface area contributed by atoms with Crippen molar-refractivity contribution in [2.75, 3.05) is 6.61 Å². The summed E-state index contributed by atoms with van der Waals surface area (Å²) in [7, 11) is 0. The molecule has 98 valence electrons. The van der Waals surface area contributed by atoms with Crippen molar-refractivity contribution in [3.63, 3.8) is 0 Å². The van der Waals surface area contributed by atoms with Crippen LogP contribution in [0.25, 0.3) is 0 Å². The maximum atomic E-state index is 6.28. The Bertz CT molecular complexity index is 586. The van der Waals surface area contributed by atoms with Gasteiger partial charge in [-0.25, -0.2) is 0 Å². The van der Waals surface area contributed by atoms with Crippen LogP contribution in [0, 0.1) is 6.92 Å². The van der Waals surface area contributed by atoms with Crippen LogP contribution in [0.4, 0.5) is 0 Å². The number of hydrogen-bond donors (Lipinski definition) is 1. The normalized spacial score (nSPS) is 18.9. The van der Waals surface area contributed by atoms with Gasteiger partial charge >= 0.3 is 0 Å². The van der Waals surface area contributed by atoms with Crippen LogP contribution in [0.15, 0.2) is 42.7 Å². The average molecular weight is 256 g/mol. The van der Waals surface area contributed by atoms with Gasteiger partial charge in [0.15, 0.2) is 17.6 Å². The first-order valence-electron chi connectivity index (χ1n) is 6.30. The molecule has 1 aliphatic heterocycles. The van der Waals surface area contributed by atoms with E-state index in [2.05, 4.69) is 4.98 Å². The number of aryl methyl sites for hydroxylation is 1. The number of fused-ring (bicyclic) bond motifs is 1. The van der Waals surface area contributed by atoms with Crippen molar-refractivity contribution >= 4 is 0 Å². The Kier molecular flexibility index (Phi) is 3.09. The summed E-state index contributed by atoms with van der Waals surface area (Å²) in [5.74, 6) is 1.52. The molecule has 2 atom stereocenters. The minimum atomic E-state index is -0.248. The van der Waals surface area contributed by atoms with Crippen molar-refractivity contribution in [1.29, 1.82) is 0 Å². The fraction of sp³-hybridized carbons (Fsp3) is 0.267. The molecule has 0 saturated carbocycles. The summed E-state index contributed by atoms with van der Waals surface area (Å²) in [5, 5.41) is 0. The van der Waals surface area contributed by atoms with Gasteiger partial charge in [-0.2, -0.15) is 0 Å². The van der Waals surface area contributed by atoms with Crippen LogP contribution in [-0.2, 0) is 0 Å². The molecule has 4 nitrogen and oxygen atoms in total. The van der Waals surface area contributed by atoms with Crippen LogP contribution in [0.2, 0.25) is 0 Å². The number of rotatable bonds is 2. The van der Waals surface area contributed by atoms with Crippen molar-refractivity contribution in [3.05, 3.63) is 53.9 Å². The highest BCUT2D eigenvalue weighted by Gasteiger charge is 2.28. The Morgan fingerprint density at radius 2 is 2.05 bits per heavy atom. The van der Waals surface area contributed by atoms with E-state index < -0.39 is 0 Å². The Labute approximate surface area is 112 Å². The number of nitrogens with zero attached hydrogens (tertiary/aromatic N) is 1. The SMILES string of the molecule is Cc1ccncc1C(N)C1COc2ccccc2O1. The number of aromatic nitrogens is 1. The maximum absolute atomic E-state index is 6.28. The topological polar surface area (TPSA) is 57.4 Å². The number of pyridine rings is 1. The standard InChI is InChI=1S/C15H16N2O2/c1-10-6-7-17-8-11(10)15(16)14-9-18-12-4-2-3-5-13(12)19-14/h2-8,14-15H,9,16H2,1H3. The molecule has 0 bridgehead atoms. The van der Waals surface area contributed by atoms with E-state index in [-0.39, 0.29) is 12.1 Å². The van der Waals surface area contributed by atoms with Gasteiger partial charge in [-0.3, -0.25) is 4.98 Å². The molecule has 0 aliphatic carbocycles. The first-order chi connectivity index (χ1) is 9.25. The molecule has 2 unspecified atom stereocenters. The molecule has 0 fully saturated rings. The molecule has 3 rings (SSSR count). The lowest BCUT2D eigenvalue weighted by atomic mass is 10.00. The summed E-state index contributed by atoms with van der Waals surface area (Å²) in [6.07, 6.45) is 3.36. The summed E-state index contributed by atoms with van der Waals surface area (Å²) in [5.41, 5.74) is 8.39. The summed E-state index contributed by atoms with van der Waals surface area (Å²) < 4.78 is 11.6. The fourth-order valence-electron chi connectivity index (χ4n) is 2.24. The number of hydrogen-bond acceptors (Lipinski definition) is 4. The minimum Gasteiger partial charge on any atom is -0.486 e. The number of benzene rings is 1. The second kappa shape index (κ2) is 4.90. The predicted octanol–water partition coefficient (Wildman–Crippen LogP) is 2.23. The zero-order chi connectivity index (χ0) is 13.2. The molecule has 19 heavy (non-hydrogen) atoms. The van der Waals surface area contributed by atoms with E-state index in [9.17, 15) is 0 Å². The third-order valence-corrected chi connectivity index (χ3v) is 3.37. The summed E-state index contributed by atoms with van der Waals surface area (Å²) in [6.45, 7) is 2.47. The lowest BCUT2D eigenvalue weighted by molar-refractivity contribution is 0.0719. The Morgan fingerprint density at radius 3 is 2.84 bits per heavy atom. The van der Waals surface area contributed by atoms with Crippen LogP contribution in [-0.4, -0.2) is 17.7 Å². The lowest BCUT2D eigenvalue weighted by Gasteiger charge is -2.30. The second-order valence-corrected chi connectivity index (χ2v) is 4.67. The van der Waals surface area contributed by atoms with Gasteiger partial charge in [0.05, 0.1) is 6.04 Å². The van der Waals surface area contributed by atoms with Gasteiger partial charge in [-0.1, -0.05) is 12.1 Å². The second-order valence-electron chi connectivity index (χ2n) is 4.67. The van der Waals surface area contributed by atoms with Gasteiger partial charge in [0.2, 0.25) is 0 Å². The highest BCUT2D eigenvalue weighted by Crippen LogP contribution is 2.33. The van der Waals surface area contributed by atoms with Crippen LogP contribution in [0.1, 0.15) is 17.2 Å². The van der Waals surface area contributed by atoms with Gasteiger partial charge in [0.1, 0.15) is 6.61 Å². The molecule has 1 aliphatic rings. The summed E-state index contributed by atoms with van der Waals surface area (Å²) in [4.78, 5) is 4.13. The monoisotopic (exact) mass is 256 g/mol.